The molecule has 6 heteroatoms. The van der Waals surface area contributed by atoms with Gasteiger partial charge in [0, 0.05) is 43.4 Å². The lowest BCUT2D eigenvalue weighted by Crippen LogP contribution is -2.46. The van der Waals surface area contributed by atoms with Crippen molar-refractivity contribution in [1.29, 1.82) is 0 Å². The minimum absolute atomic E-state index is 0.182. The molecule has 0 amide bonds. The third kappa shape index (κ3) is 3.33. The summed E-state index contributed by atoms with van der Waals surface area (Å²) < 4.78 is 13.7. The summed E-state index contributed by atoms with van der Waals surface area (Å²) in [4.78, 5) is 8.85. The molecule has 1 aromatic heterocycles. The predicted molar refractivity (Wildman–Crippen MR) is 85.7 cm³/mol. The van der Waals surface area contributed by atoms with Crippen LogP contribution in [0.25, 0.3) is 0 Å². The molecule has 0 bridgehead atoms. The van der Waals surface area contributed by atoms with Gasteiger partial charge in [-0.05, 0) is 36.7 Å². The minimum atomic E-state index is -0.182. The molecule has 1 aromatic carbocycles. The minimum Gasteiger partial charge on any atom is -0.368 e. The number of nitrogens with two attached hydrogens (primary N) is 1. The lowest BCUT2D eigenvalue weighted by Gasteiger charge is -2.36. The molecule has 2 N–H and O–H groups in total. The van der Waals surface area contributed by atoms with Crippen molar-refractivity contribution >= 4 is 22.2 Å². The molecular weight excluding hydrogens is 287 g/mol. The maximum atomic E-state index is 13.7. The van der Waals surface area contributed by atoms with Gasteiger partial charge in [0.05, 0.1) is 0 Å². The molecule has 1 aliphatic heterocycles. The van der Waals surface area contributed by atoms with Crippen LogP contribution in [0.1, 0.15) is 5.56 Å². The van der Waals surface area contributed by atoms with Gasteiger partial charge in [0.15, 0.2) is 5.13 Å². The fourth-order valence-electron chi connectivity index (χ4n) is 2.65. The zero-order chi connectivity index (χ0) is 14.7. The van der Waals surface area contributed by atoms with Gasteiger partial charge in [-0.15, -0.1) is 11.3 Å². The largest absolute Gasteiger partial charge is 0.368 e. The zero-order valence-electron chi connectivity index (χ0n) is 11.8. The molecule has 0 spiro atoms. The van der Waals surface area contributed by atoms with Gasteiger partial charge in [-0.1, -0.05) is 0 Å². The predicted octanol–water partition coefficient (Wildman–Crippen LogP) is 2.11. The van der Waals surface area contributed by atoms with E-state index in [-0.39, 0.29) is 5.82 Å². The number of rotatable bonds is 4. The summed E-state index contributed by atoms with van der Waals surface area (Å²) in [5, 5.41) is 3.06. The lowest BCUT2D eigenvalue weighted by atomic mass is 10.1. The number of piperazine rings is 1. The van der Waals surface area contributed by atoms with Crippen molar-refractivity contribution in [1.82, 2.24) is 4.98 Å². The highest BCUT2D eigenvalue weighted by Crippen LogP contribution is 2.23. The maximum absolute atomic E-state index is 13.7. The Morgan fingerprint density at radius 3 is 2.57 bits per heavy atom. The van der Waals surface area contributed by atoms with E-state index >= 15 is 0 Å². The Bertz CT molecular complexity index is 579. The van der Waals surface area contributed by atoms with E-state index in [0.29, 0.717) is 13.0 Å². The molecule has 0 atom stereocenters. The van der Waals surface area contributed by atoms with Crippen LogP contribution < -0.4 is 15.5 Å². The van der Waals surface area contributed by atoms with Crippen molar-refractivity contribution in [3.8, 4) is 0 Å². The van der Waals surface area contributed by atoms with Gasteiger partial charge in [0.25, 0.3) is 0 Å². The Morgan fingerprint density at radius 2 is 1.90 bits per heavy atom. The Kier molecular flexibility index (Phi) is 4.36. The van der Waals surface area contributed by atoms with Crippen molar-refractivity contribution in [3.63, 3.8) is 0 Å². The first-order chi connectivity index (χ1) is 10.3. The monoisotopic (exact) mass is 306 g/mol. The molecule has 1 aliphatic rings. The van der Waals surface area contributed by atoms with Crippen LogP contribution in [-0.4, -0.2) is 37.7 Å². The van der Waals surface area contributed by atoms with Crippen LogP contribution in [0.15, 0.2) is 29.8 Å². The van der Waals surface area contributed by atoms with Crippen molar-refractivity contribution < 1.29 is 4.39 Å². The second kappa shape index (κ2) is 6.41. The molecule has 4 nitrogen and oxygen atoms in total. The third-order valence-electron chi connectivity index (χ3n) is 3.71. The van der Waals surface area contributed by atoms with E-state index in [2.05, 4.69) is 20.9 Å². The van der Waals surface area contributed by atoms with Crippen molar-refractivity contribution in [3.05, 3.63) is 41.2 Å². The molecule has 2 aromatic rings. The smallest absolute Gasteiger partial charge is 0.185 e. The normalized spacial score (nSPS) is 15.5. The second-order valence-electron chi connectivity index (χ2n) is 5.15. The number of benzene rings is 1. The topological polar surface area (TPSA) is 45.4 Å². The lowest BCUT2D eigenvalue weighted by molar-refractivity contribution is 0.617. The first kappa shape index (κ1) is 14.3. The van der Waals surface area contributed by atoms with Crippen LogP contribution in [-0.2, 0) is 6.42 Å². The average Bonchev–Trinajstić information content (AvgIpc) is 3.01. The summed E-state index contributed by atoms with van der Waals surface area (Å²) in [6, 6.07) is 5.23. The van der Waals surface area contributed by atoms with Gasteiger partial charge in [-0.2, -0.15) is 0 Å². The van der Waals surface area contributed by atoms with Crippen LogP contribution in [0.3, 0.4) is 0 Å². The van der Waals surface area contributed by atoms with E-state index in [0.717, 1.165) is 42.6 Å². The van der Waals surface area contributed by atoms with E-state index in [9.17, 15) is 4.39 Å². The summed E-state index contributed by atoms with van der Waals surface area (Å²) in [5.41, 5.74) is 7.49. The van der Waals surface area contributed by atoms with Crippen LogP contribution in [0, 0.1) is 5.82 Å². The number of hydrogen-bond donors (Lipinski definition) is 1. The summed E-state index contributed by atoms with van der Waals surface area (Å²) in [6.07, 6.45) is 2.54. The summed E-state index contributed by atoms with van der Waals surface area (Å²) in [6.45, 7) is 4.13. The molecule has 3 rings (SSSR count). The van der Waals surface area contributed by atoms with Crippen LogP contribution in [0.2, 0.25) is 0 Å². The molecule has 0 unspecified atom stereocenters. The van der Waals surface area contributed by atoms with Gasteiger partial charge in [-0.3, -0.25) is 0 Å². The fourth-order valence-corrected chi connectivity index (χ4v) is 3.35. The number of halogens is 1. The van der Waals surface area contributed by atoms with E-state index < -0.39 is 0 Å². The SMILES string of the molecule is NCCc1cc(F)cc(N2CCN(c3nccs3)CC2)c1. The van der Waals surface area contributed by atoms with E-state index in [1.807, 2.05) is 11.6 Å². The standard InChI is InChI=1S/C15H19FN4S/c16-13-9-12(1-2-17)10-14(11-13)19-4-6-20(7-5-19)15-18-3-8-21-15/h3,8-11H,1-2,4-7,17H2. The molecule has 2 heterocycles. The highest BCUT2D eigenvalue weighted by atomic mass is 32.1. The molecule has 1 saturated heterocycles. The first-order valence-electron chi connectivity index (χ1n) is 7.15. The van der Waals surface area contributed by atoms with Crippen molar-refractivity contribution in [2.45, 2.75) is 6.42 Å². The number of thiazole rings is 1. The quantitative estimate of drug-likeness (QED) is 0.940. The van der Waals surface area contributed by atoms with Crippen molar-refractivity contribution in [2.75, 3.05) is 42.5 Å². The molecule has 0 radical (unpaired) electrons. The summed E-state index contributed by atoms with van der Waals surface area (Å²) >= 11 is 1.66. The van der Waals surface area contributed by atoms with E-state index in [1.54, 1.807) is 23.5 Å². The van der Waals surface area contributed by atoms with Gasteiger partial charge in [-0.25, -0.2) is 9.37 Å². The number of aromatic nitrogens is 1. The van der Waals surface area contributed by atoms with E-state index in [1.165, 1.54) is 0 Å². The first-order valence-corrected chi connectivity index (χ1v) is 8.03. The van der Waals surface area contributed by atoms with Gasteiger partial charge in [0.1, 0.15) is 5.82 Å². The Labute approximate surface area is 128 Å². The average molecular weight is 306 g/mol. The Hall–Kier alpha value is -1.66. The van der Waals surface area contributed by atoms with Gasteiger partial charge >= 0.3 is 0 Å². The number of anilines is 2. The summed E-state index contributed by atoms with van der Waals surface area (Å²) in [5.74, 6) is -0.182. The van der Waals surface area contributed by atoms with Gasteiger partial charge < -0.3 is 15.5 Å². The molecule has 0 aliphatic carbocycles. The van der Waals surface area contributed by atoms with Crippen LogP contribution in [0.5, 0.6) is 0 Å². The van der Waals surface area contributed by atoms with Gasteiger partial charge in [0.2, 0.25) is 0 Å². The molecule has 1 fully saturated rings. The highest BCUT2D eigenvalue weighted by molar-refractivity contribution is 7.13. The second-order valence-corrected chi connectivity index (χ2v) is 6.02. The Morgan fingerprint density at radius 1 is 1.14 bits per heavy atom. The van der Waals surface area contributed by atoms with Crippen LogP contribution in [0.4, 0.5) is 15.2 Å². The Balaban J connectivity index is 1.69. The molecule has 0 saturated carbocycles. The number of hydrogen-bond acceptors (Lipinski definition) is 5. The fraction of sp³-hybridized carbons (Fsp3) is 0.400. The molecule has 112 valence electrons. The third-order valence-corrected chi connectivity index (χ3v) is 4.54. The number of nitrogens with zero attached hydrogens (tertiary/aromatic N) is 3. The zero-order valence-corrected chi connectivity index (χ0v) is 12.7. The summed E-state index contributed by atoms with van der Waals surface area (Å²) in [7, 11) is 0. The highest BCUT2D eigenvalue weighted by Gasteiger charge is 2.19. The molecule has 21 heavy (non-hydrogen) atoms. The maximum Gasteiger partial charge on any atom is 0.185 e. The van der Waals surface area contributed by atoms with Crippen LogP contribution >= 0.6 is 11.3 Å². The molecular formula is C15H19FN4S. The van der Waals surface area contributed by atoms with Crippen molar-refractivity contribution in [2.24, 2.45) is 5.73 Å². The van der Waals surface area contributed by atoms with E-state index in [4.69, 9.17) is 5.73 Å².